The minimum atomic E-state index is -0.844. The van der Waals surface area contributed by atoms with Crippen LogP contribution in [0.4, 0.5) is 5.13 Å². The second-order valence-electron chi connectivity index (χ2n) is 6.21. The third-order valence-corrected chi connectivity index (χ3v) is 4.63. The Morgan fingerprint density at radius 2 is 1.96 bits per heavy atom. The molecule has 146 valence electrons. The average Bonchev–Trinajstić information content (AvgIpc) is 3.07. The zero-order valence-corrected chi connectivity index (χ0v) is 16.5. The number of carbonyl (C=O) groups excluding carboxylic acids is 2. The number of hydrogen-bond acceptors (Lipinski definition) is 6. The number of aromatic nitrogens is 1. The third kappa shape index (κ3) is 5.92. The van der Waals surface area contributed by atoms with Crippen molar-refractivity contribution < 1.29 is 9.59 Å². The van der Waals surface area contributed by atoms with E-state index in [9.17, 15) is 9.59 Å². The predicted octanol–water partition coefficient (Wildman–Crippen LogP) is 2.54. The van der Waals surface area contributed by atoms with Gasteiger partial charge in [-0.05, 0) is 30.9 Å². The number of anilines is 1. The highest BCUT2D eigenvalue weighted by molar-refractivity contribution is 7.13. The topological polar surface area (TPSA) is 145 Å². The van der Waals surface area contributed by atoms with Crippen LogP contribution in [0.15, 0.2) is 34.6 Å². The fourth-order valence-electron chi connectivity index (χ4n) is 2.59. The molecule has 2 aromatic rings. The van der Waals surface area contributed by atoms with Crippen LogP contribution in [0.5, 0.6) is 0 Å². The summed E-state index contributed by atoms with van der Waals surface area (Å²) < 4.78 is 0. The minimum absolute atomic E-state index is 0.141. The molecule has 1 atom stereocenters. The number of aliphatic imine (C=N–C) groups is 1. The van der Waals surface area contributed by atoms with Gasteiger partial charge in [0.25, 0.3) is 0 Å². The Balaban J connectivity index is 2.08. The summed E-state index contributed by atoms with van der Waals surface area (Å²) >= 11 is 1.39. The number of thiazole rings is 1. The SMILES string of the molecule is CC(=O)Nc1nc(CCc2ccc(C(C(=N)C=O)C(=N)N=C(C)N)cc2)cs1. The van der Waals surface area contributed by atoms with Crippen LogP contribution >= 0.6 is 11.3 Å². The molecule has 0 saturated carbocycles. The van der Waals surface area contributed by atoms with Gasteiger partial charge in [-0.25, -0.2) is 9.98 Å². The second-order valence-corrected chi connectivity index (χ2v) is 7.07. The molecule has 28 heavy (non-hydrogen) atoms. The maximum absolute atomic E-state index is 11.1. The molecule has 0 spiro atoms. The number of amidine groups is 2. The first kappa shape index (κ1) is 21.1. The van der Waals surface area contributed by atoms with E-state index < -0.39 is 5.92 Å². The van der Waals surface area contributed by atoms with Gasteiger partial charge in [0.2, 0.25) is 5.91 Å². The van der Waals surface area contributed by atoms with Crippen molar-refractivity contribution >= 4 is 46.0 Å². The van der Waals surface area contributed by atoms with E-state index in [1.54, 1.807) is 19.1 Å². The molecule has 1 aromatic heterocycles. The minimum Gasteiger partial charge on any atom is -0.387 e. The van der Waals surface area contributed by atoms with Crippen molar-refractivity contribution in [2.24, 2.45) is 10.7 Å². The third-order valence-electron chi connectivity index (χ3n) is 3.83. The Bertz CT molecular complexity index is 913. The van der Waals surface area contributed by atoms with Crippen LogP contribution in [0.3, 0.4) is 0 Å². The van der Waals surface area contributed by atoms with Gasteiger partial charge in [-0.1, -0.05) is 24.3 Å². The highest BCUT2D eigenvalue weighted by atomic mass is 32.1. The van der Waals surface area contributed by atoms with Crippen molar-refractivity contribution in [3.05, 3.63) is 46.5 Å². The van der Waals surface area contributed by atoms with Gasteiger partial charge in [0.1, 0.15) is 5.84 Å². The van der Waals surface area contributed by atoms with E-state index in [0.29, 0.717) is 17.0 Å². The lowest BCUT2D eigenvalue weighted by molar-refractivity contribution is -0.114. The summed E-state index contributed by atoms with van der Waals surface area (Å²) in [6.45, 7) is 3.00. The van der Waals surface area contributed by atoms with Crippen molar-refractivity contribution in [1.29, 1.82) is 10.8 Å². The van der Waals surface area contributed by atoms with Crippen molar-refractivity contribution in [2.45, 2.75) is 32.6 Å². The molecular weight excluding hydrogens is 376 g/mol. The largest absolute Gasteiger partial charge is 0.387 e. The fourth-order valence-corrected chi connectivity index (χ4v) is 3.38. The molecule has 8 nitrogen and oxygen atoms in total. The van der Waals surface area contributed by atoms with Crippen LogP contribution in [0.1, 0.15) is 36.6 Å². The van der Waals surface area contributed by atoms with Crippen LogP contribution < -0.4 is 11.1 Å². The quantitative estimate of drug-likeness (QED) is 0.307. The lowest BCUT2D eigenvalue weighted by Crippen LogP contribution is -2.22. The number of rotatable bonds is 8. The Hall–Kier alpha value is -3.20. The molecule has 9 heteroatoms. The van der Waals surface area contributed by atoms with Gasteiger partial charge in [0.15, 0.2) is 11.4 Å². The first-order chi connectivity index (χ1) is 13.3. The molecule has 0 saturated heterocycles. The molecule has 1 heterocycles. The first-order valence-corrected chi connectivity index (χ1v) is 9.41. The number of nitrogens with two attached hydrogens (primary N) is 1. The second kappa shape index (κ2) is 9.65. The van der Waals surface area contributed by atoms with Crippen molar-refractivity contribution in [2.75, 3.05) is 5.32 Å². The van der Waals surface area contributed by atoms with Crippen LogP contribution in [0, 0.1) is 10.8 Å². The molecule has 1 aromatic carbocycles. The lowest BCUT2D eigenvalue weighted by atomic mass is 9.92. The van der Waals surface area contributed by atoms with Gasteiger partial charge in [0, 0.05) is 12.3 Å². The highest BCUT2D eigenvalue weighted by Crippen LogP contribution is 2.21. The van der Waals surface area contributed by atoms with Crippen LogP contribution in [0.25, 0.3) is 0 Å². The molecule has 0 aliphatic carbocycles. The molecule has 2 rings (SSSR count). The molecule has 0 aliphatic rings. The van der Waals surface area contributed by atoms with Crippen molar-refractivity contribution in [1.82, 2.24) is 4.98 Å². The van der Waals surface area contributed by atoms with Gasteiger partial charge in [0.05, 0.1) is 23.2 Å². The average molecular weight is 398 g/mol. The number of hydrogen-bond donors (Lipinski definition) is 4. The first-order valence-electron chi connectivity index (χ1n) is 8.53. The van der Waals surface area contributed by atoms with Gasteiger partial charge < -0.3 is 16.5 Å². The van der Waals surface area contributed by atoms with E-state index in [2.05, 4.69) is 15.3 Å². The number of nitrogens with one attached hydrogen (secondary N) is 3. The monoisotopic (exact) mass is 398 g/mol. The Morgan fingerprint density at radius 3 is 2.54 bits per heavy atom. The van der Waals surface area contributed by atoms with E-state index in [4.69, 9.17) is 16.6 Å². The maximum atomic E-state index is 11.1. The van der Waals surface area contributed by atoms with Gasteiger partial charge in [-0.2, -0.15) is 0 Å². The van der Waals surface area contributed by atoms with E-state index in [-0.39, 0.29) is 23.3 Å². The smallest absolute Gasteiger partial charge is 0.223 e. The normalized spacial score (nSPS) is 12.3. The summed E-state index contributed by atoms with van der Waals surface area (Å²) in [5, 5.41) is 21.1. The molecule has 0 bridgehead atoms. The number of aryl methyl sites for hydroxylation is 2. The van der Waals surface area contributed by atoms with E-state index in [1.165, 1.54) is 18.3 Å². The molecule has 5 N–H and O–H groups in total. The van der Waals surface area contributed by atoms with Gasteiger partial charge in [-0.15, -0.1) is 11.3 Å². The molecule has 0 fully saturated rings. The summed E-state index contributed by atoms with van der Waals surface area (Å²) in [7, 11) is 0. The summed E-state index contributed by atoms with van der Waals surface area (Å²) in [6, 6.07) is 7.37. The molecule has 1 unspecified atom stereocenters. The molecule has 0 aliphatic heterocycles. The highest BCUT2D eigenvalue weighted by Gasteiger charge is 2.22. The maximum Gasteiger partial charge on any atom is 0.223 e. The predicted molar refractivity (Wildman–Crippen MR) is 112 cm³/mol. The van der Waals surface area contributed by atoms with E-state index in [0.717, 1.165) is 24.1 Å². The molecular formula is C19H22N6O2S. The Kier molecular flexibility index (Phi) is 7.28. The molecule has 1 amide bonds. The summed E-state index contributed by atoms with van der Waals surface area (Å²) in [5.41, 5.74) is 7.87. The van der Waals surface area contributed by atoms with Crippen LogP contribution in [-0.4, -0.2) is 34.6 Å². The van der Waals surface area contributed by atoms with Crippen LogP contribution in [0.2, 0.25) is 0 Å². The number of amides is 1. The van der Waals surface area contributed by atoms with Gasteiger partial charge >= 0.3 is 0 Å². The van der Waals surface area contributed by atoms with Crippen LogP contribution in [-0.2, 0) is 22.4 Å². The molecule has 0 radical (unpaired) electrons. The standard InChI is InChI=1S/C19H22N6O2S/c1-11(20)23-18(22)17(16(21)9-26)14-6-3-13(4-7-14)5-8-15-10-28-19(25-15)24-12(2)27/h3-4,6-7,9-10,17,21H,5,8H2,1-2H3,(H3,20,22,23)(H,24,25,27). The zero-order valence-electron chi connectivity index (χ0n) is 15.7. The summed E-state index contributed by atoms with van der Waals surface area (Å²) in [4.78, 5) is 30.4. The Morgan fingerprint density at radius 1 is 1.29 bits per heavy atom. The van der Waals surface area contributed by atoms with Crippen molar-refractivity contribution in [3.8, 4) is 0 Å². The number of benzene rings is 1. The number of carbonyl (C=O) groups is 2. The Labute approximate surface area is 166 Å². The zero-order chi connectivity index (χ0) is 20.7. The summed E-state index contributed by atoms with van der Waals surface area (Å²) in [5.74, 6) is -0.930. The fraction of sp³-hybridized carbons (Fsp3) is 0.263. The number of aldehydes is 1. The van der Waals surface area contributed by atoms with Crippen molar-refractivity contribution in [3.63, 3.8) is 0 Å². The van der Waals surface area contributed by atoms with E-state index in [1.807, 2.05) is 17.5 Å². The van der Waals surface area contributed by atoms with Gasteiger partial charge in [-0.3, -0.25) is 15.0 Å². The summed E-state index contributed by atoms with van der Waals surface area (Å²) in [6.07, 6.45) is 1.88. The van der Waals surface area contributed by atoms with E-state index >= 15 is 0 Å². The number of nitrogens with zero attached hydrogens (tertiary/aromatic N) is 2. The lowest BCUT2D eigenvalue weighted by Gasteiger charge is -2.14.